The fourth-order valence-corrected chi connectivity index (χ4v) is 0.809. The number of carboxylic acid groups (broad SMARTS) is 2. The number of rotatable bonds is 2. The molecular formula is C10H6BaN4O4. The summed E-state index contributed by atoms with van der Waals surface area (Å²) in [5.41, 5.74) is -0.282. The second-order valence-corrected chi connectivity index (χ2v) is 2.76. The van der Waals surface area contributed by atoms with Crippen molar-refractivity contribution >= 4 is 60.8 Å². The van der Waals surface area contributed by atoms with Gasteiger partial charge in [-0.15, -0.1) is 0 Å². The van der Waals surface area contributed by atoms with E-state index < -0.39 is 11.9 Å². The molecule has 0 fully saturated rings. The molecule has 2 aromatic rings. The van der Waals surface area contributed by atoms with Crippen LogP contribution in [0.2, 0.25) is 0 Å². The molecule has 0 amide bonds. The van der Waals surface area contributed by atoms with E-state index in [1.807, 2.05) is 0 Å². The third-order valence-corrected chi connectivity index (χ3v) is 1.54. The van der Waals surface area contributed by atoms with Crippen LogP contribution < -0.4 is 10.2 Å². The monoisotopic (exact) mass is 384 g/mol. The molecule has 2 heterocycles. The number of aromatic carboxylic acids is 2. The molecule has 2 rings (SSSR count). The SMILES string of the molecule is O=C([O-])c1cnccn1.O=C([O-])c1cnccn1.[Ba+2]. The average Bonchev–Trinajstić information content (AvgIpc) is 2.41. The minimum absolute atomic E-state index is 0. The van der Waals surface area contributed by atoms with Crippen molar-refractivity contribution in [2.24, 2.45) is 0 Å². The Morgan fingerprint density at radius 1 is 0.789 bits per heavy atom. The van der Waals surface area contributed by atoms with Gasteiger partial charge in [-0.2, -0.15) is 0 Å². The largest absolute Gasteiger partial charge is 2.00 e. The van der Waals surface area contributed by atoms with E-state index in [0.717, 1.165) is 12.4 Å². The fourth-order valence-electron chi connectivity index (χ4n) is 0.809. The maximum atomic E-state index is 9.99. The van der Waals surface area contributed by atoms with Crippen LogP contribution in [0.15, 0.2) is 37.2 Å². The van der Waals surface area contributed by atoms with Crippen molar-refractivity contribution in [2.75, 3.05) is 0 Å². The van der Waals surface area contributed by atoms with Crippen molar-refractivity contribution < 1.29 is 19.8 Å². The maximum absolute atomic E-state index is 9.99. The molecule has 2 aromatic heterocycles. The summed E-state index contributed by atoms with van der Waals surface area (Å²) in [6, 6.07) is 0. The molecule has 0 N–H and O–H groups in total. The number of nitrogens with zero attached hydrogens (tertiary/aromatic N) is 4. The first-order chi connectivity index (χ1) is 8.61. The van der Waals surface area contributed by atoms with Gasteiger partial charge >= 0.3 is 48.9 Å². The molecule has 0 aliphatic carbocycles. The summed E-state index contributed by atoms with van der Waals surface area (Å²) in [5, 5.41) is 20.0. The van der Waals surface area contributed by atoms with Crippen LogP contribution in [0.3, 0.4) is 0 Å². The molecule has 9 heteroatoms. The van der Waals surface area contributed by atoms with Crippen molar-refractivity contribution in [3.8, 4) is 0 Å². The minimum atomic E-state index is -1.30. The van der Waals surface area contributed by atoms with Crippen LogP contribution in [0, 0.1) is 0 Å². The number of hydrogen-bond acceptors (Lipinski definition) is 8. The molecule has 0 unspecified atom stereocenters. The van der Waals surface area contributed by atoms with Gasteiger partial charge < -0.3 is 19.8 Å². The quantitative estimate of drug-likeness (QED) is 0.512. The number of carbonyl (C=O) groups is 2. The molecule has 0 spiro atoms. The van der Waals surface area contributed by atoms with Crippen molar-refractivity contribution in [1.82, 2.24) is 19.9 Å². The van der Waals surface area contributed by atoms with Crippen molar-refractivity contribution in [3.63, 3.8) is 0 Å². The molecule has 0 saturated heterocycles. The van der Waals surface area contributed by atoms with Crippen LogP contribution in [0.5, 0.6) is 0 Å². The third-order valence-electron chi connectivity index (χ3n) is 1.54. The predicted octanol–water partition coefficient (Wildman–Crippen LogP) is -2.70. The summed E-state index contributed by atoms with van der Waals surface area (Å²) >= 11 is 0. The Morgan fingerprint density at radius 2 is 1.16 bits per heavy atom. The number of hydrogen-bond donors (Lipinski definition) is 0. The van der Waals surface area contributed by atoms with Gasteiger partial charge in [0.2, 0.25) is 0 Å². The summed E-state index contributed by atoms with van der Waals surface area (Å²) in [5.74, 6) is -2.61. The molecule has 0 saturated carbocycles. The van der Waals surface area contributed by atoms with Crippen LogP contribution in [0.25, 0.3) is 0 Å². The van der Waals surface area contributed by atoms with Gasteiger partial charge in [0.25, 0.3) is 0 Å². The van der Waals surface area contributed by atoms with Crippen molar-refractivity contribution in [3.05, 3.63) is 48.6 Å². The molecule has 0 aliphatic heterocycles. The molecule has 0 atom stereocenters. The van der Waals surface area contributed by atoms with Crippen LogP contribution >= 0.6 is 0 Å². The van der Waals surface area contributed by atoms with E-state index in [0.29, 0.717) is 0 Å². The Balaban J connectivity index is 0.000000324. The first-order valence-corrected chi connectivity index (χ1v) is 4.56. The van der Waals surface area contributed by atoms with Crippen LogP contribution in [0.1, 0.15) is 21.0 Å². The minimum Gasteiger partial charge on any atom is -0.543 e. The summed E-state index contributed by atoms with van der Waals surface area (Å²) < 4.78 is 0. The topological polar surface area (TPSA) is 132 Å². The molecule has 8 nitrogen and oxygen atoms in total. The first-order valence-electron chi connectivity index (χ1n) is 4.56. The van der Waals surface area contributed by atoms with Gasteiger partial charge in [0.1, 0.15) is 11.4 Å². The van der Waals surface area contributed by atoms with E-state index in [-0.39, 0.29) is 60.3 Å². The fraction of sp³-hybridized carbons (Fsp3) is 0. The number of carboxylic acids is 2. The summed E-state index contributed by atoms with van der Waals surface area (Å²) in [7, 11) is 0. The standard InChI is InChI=1S/2C5H4N2O2.Ba/c2*8-5(9)4-3-6-1-2-7-4;/h2*1-3H,(H,8,9);/q;;+2/p-2. The number of carbonyl (C=O) groups excluding carboxylic acids is 2. The van der Waals surface area contributed by atoms with Crippen LogP contribution in [-0.2, 0) is 0 Å². The van der Waals surface area contributed by atoms with E-state index in [1.165, 1.54) is 24.8 Å². The number of aromatic nitrogens is 4. The van der Waals surface area contributed by atoms with Gasteiger partial charge in [-0.3, -0.25) is 19.9 Å². The molecule has 0 radical (unpaired) electrons. The van der Waals surface area contributed by atoms with Gasteiger partial charge in [0.05, 0.1) is 24.3 Å². The Bertz CT molecular complexity index is 474. The van der Waals surface area contributed by atoms with Gasteiger partial charge in [-0.05, 0) is 0 Å². The second-order valence-electron chi connectivity index (χ2n) is 2.76. The van der Waals surface area contributed by atoms with Gasteiger partial charge in [-0.1, -0.05) is 0 Å². The average molecular weight is 384 g/mol. The van der Waals surface area contributed by atoms with E-state index in [4.69, 9.17) is 0 Å². The Kier molecular flexibility index (Phi) is 8.91. The molecular weight excluding hydrogens is 377 g/mol. The molecule has 19 heavy (non-hydrogen) atoms. The normalized spacial score (nSPS) is 8.42. The zero-order valence-corrected chi connectivity index (χ0v) is 14.0. The smallest absolute Gasteiger partial charge is 0.543 e. The molecule has 0 bridgehead atoms. The predicted molar refractivity (Wildman–Crippen MR) is 58.5 cm³/mol. The first kappa shape index (κ1) is 17.7. The van der Waals surface area contributed by atoms with Crippen molar-refractivity contribution in [2.45, 2.75) is 0 Å². The van der Waals surface area contributed by atoms with Crippen LogP contribution in [0.4, 0.5) is 0 Å². The zero-order valence-electron chi connectivity index (χ0n) is 9.59. The Morgan fingerprint density at radius 3 is 1.32 bits per heavy atom. The molecule has 0 aliphatic rings. The van der Waals surface area contributed by atoms with Gasteiger partial charge in [-0.25, -0.2) is 0 Å². The van der Waals surface area contributed by atoms with E-state index in [2.05, 4.69) is 19.9 Å². The van der Waals surface area contributed by atoms with E-state index >= 15 is 0 Å². The van der Waals surface area contributed by atoms with Crippen molar-refractivity contribution in [1.29, 1.82) is 0 Å². The Hall–Kier alpha value is -1.33. The zero-order chi connectivity index (χ0) is 13.4. The van der Waals surface area contributed by atoms with Gasteiger partial charge in [0, 0.05) is 24.8 Å². The summed E-state index contributed by atoms with van der Waals surface area (Å²) in [4.78, 5) is 33.9. The second kappa shape index (κ2) is 9.58. The molecule has 92 valence electrons. The molecule has 0 aromatic carbocycles. The Labute approximate surface area is 148 Å². The van der Waals surface area contributed by atoms with Crippen LogP contribution in [-0.4, -0.2) is 80.8 Å². The third kappa shape index (κ3) is 6.98. The van der Waals surface area contributed by atoms with E-state index in [1.54, 1.807) is 0 Å². The summed E-state index contributed by atoms with van der Waals surface area (Å²) in [6.07, 6.45) is 7.65. The van der Waals surface area contributed by atoms with Gasteiger partial charge in [0.15, 0.2) is 0 Å². The van der Waals surface area contributed by atoms with E-state index in [9.17, 15) is 19.8 Å². The summed E-state index contributed by atoms with van der Waals surface area (Å²) in [6.45, 7) is 0. The maximum Gasteiger partial charge on any atom is 2.00 e.